The molecule has 0 saturated heterocycles. The molecule has 0 radical (unpaired) electrons. The minimum Gasteiger partial charge on any atom is -0.216 e. The van der Waals surface area contributed by atoms with Gasteiger partial charge >= 0.3 is 0 Å². The second-order valence-electron chi connectivity index (χ2n) is 1.91. The van der Waals surface area contributed by atoms with Crippen molar-refractivity contribution in [1.82, 2.24) is 0 Å². The van der Waals surface area contributed by atoms with E-state index in [1.807, 2.05) is 13.8 Å². The van der Waals surface area contributed by atoms with E-state index in [1.54, 1.807) is 0 Å². The van der Waals surface area contributed by atoms with Crippen molar-refractivity contribution in [2.75, 3.05) is 0 Å². The zero-order valence-electron chi connectivity index (χ0n) is 5.32. The second kappa shape index (κ2) is 4.01. The van der Waals surface area contributed by atoms with E-state index in [-0.39, 0.29) is 0 Å². The highest BCUT2D eigenvalue weighted by Crippen LogP contribution is 2.07. The summed E-state index contributed by atoms with van der Waals surface area (Å²) in [6.07, 6.45) is 0. The summed E-state index contributed by atoms with van der Waals surface area (Å²) in [5.74, 6) is 0. The summed E-state index contributed by atoms with van der Waals surface area (Å²) in [6.45, 7) is 3.71. The molecule has 0 aromatic heterocycles. The van der Waals surface area contributed by atoms with Crippen LogP contribution in [0.1, 0.15) is 13.8 Å². The molecule has 0 spiro atoms. The fourth-order valence-electron chi connectivity index (χ4n) is 0.645. The Labute approximate surface area is 50.5 Å². The van der Waals surface area contributed by atoms with Crippen LogP contribution < -0.4 is 0 Å². The van der Waals surface area contributed by atoms with Gasteiger partial charge in [-0.3, -0.25) is 0 Å². The summed E-state index contributed by atoms with van der Waals surface area (Å²) < 4.78 is 23.5. The number of hydrogen-bond acceptors (Lipinski definition) is 0. The molecule has 0 aliphatic carbocycles. The van der Waals surface area contributed by atoms with Gasteiger partial charge in [0.05, 0.1) is 0 Å². The van der Waals surface area contributed by atoms with Gasteiger partial charge in [0.25, 0.3) is 0 Å². The monoisotopic (exact) mass is 138 g/mol. The van der Waals surface area contributed by atoms with Crippen molar-refractivity contribution < 1.29 is 8.78 Å². The van der Waals surface area contributed by atoms with E-state index in [1.165, 1.54) is 0 Å². The molecule has 8 heavy (non-hydrogen) atoms. The van der Waals surface area contributed by atoms with Gasteiger partial charge in [-0.05, 0) is 0 Å². The zero-order valence-corrected chi connectivity index (χ0v) is 6.48. The van der Waals surface area contributed by atoms with Gasteiger partial charge in [-0.15, -0.1) is 0 Å². The van der Waals surface area contributed by atoms with Gasteiger partial charge in [-0.1, -0.05) is 25.9 Å². The largest absolute Gasteiger partial charge is 0.217 e. The Kier molecular flexibility index (Phi) is 4.04. The average Bonchev–Trinajstić information content (AvgIpc) is 1.69. The molecule has 0 aromatic rings. The van der Waals surface area contributed by atoms with Gasteiger partial charge in [0, 0.05) is 0 Å². The van der Waals surface area contributed by atoms with Crippen LogP contribution in [0.4, 0.5) is 8.78 Å². The molecule has 0 aromatic carbocycles. The van der Waals surface area contributed by atoms with Crippen molar-refractivity contribution in [2.45, 2.75) is 32.0 Å². The van der Waals surface area contributed by atoms with Gasteiger partial charge < -0.3 is 0 Å². The molecule has 0 rings (SSSR count). The van der Waals surface area contributed by atoms with Crippen molar-refractivity contribution in [1.29, 1.82) is 0 Å². The summed E-state index contributed by atoms with van der Waals surface area (Å²) >= 11 is 0. The third-order valence-corrected chi connectivity index (χ3v) is 4.22. The fourth-order valence-corrected chi connectivity index (χ4v) is 1.94. The van der Waals surface area contributed by atoms with E-state index < -0.39 is 14.8 Å². The van der Waals surface area contributed by atoms with Gasteiger partial charge in [-0.2, -0.15) is 0 Å². The first-order valence-electron chi connectivity index (χ1n) is 3.00. The molecule has 0 fully saturated rings. The van der Waals surface area contributed by atoms with E-state index in [4.69, 9.17) is 0 Å². The Morgan fingerprint density at radius 2 is 1.62 bits per heavy atom. The first-order chi connectivity index (χ1) is 3.72. The number of rotatable bonds is 3. The molecule has 0 aliphatic rings. The van der Waals surface area contributed by atoms with Gasteiger partial charge in [0.15, 0.2) is 0 Å². The molecule has 0 saturated carbocycles. The summed E-state index contributed by atoms with van der Waals surface area (Å²) in [5, 5.41) is 0. The predicted molar refractivity (Wildman–Crippen MR) is 34.1 cm³/mol. The van der Waals surface area contributed by atoms with Crippen LogP contribution in [0.3, 0.4) is 0 Å². The van der Waals surface area contributed by atoms with Gasteiger partial charge in [0.2, 0.25) is 6.05 Å². The topological polar surface area (TPSA) is 0 Å². The van der Waals surface area contributed by atoms with Crippen LogP contribution in [0.15, 0.2) is 0 Å². The number of alkyl halides is 2. The summed E-state index contributed by atoms with van der Waals surface area (Å²) in [6, 6.07) is -0.521. The van der Waals surface area contributed by atoms with E-state index in [0.717, 1.165) is 12.1 Å². The van der Waals surface area contributed by atoms with Crippen LogP contribution in [0.25, 0.3) is 0 Å². The molecule has 0 amide bonds. The van der Waals surface area contributed by atoms with Crippen LogP contribution in [0.2, 0.25) is 12.1 Å². The highest BCUT2D eigenvalue weighted by molar-refractivity contribution is 6.59. The Balaban J connectivity index is 3.35. The lowest BCUT2D eigenvalue weighted by molar-refractivity contribution is 0.232. The maximum absolute atomic E-state index is 11.8. The zero-order chi connectivity index (χ0) is 6.57. The van der Waals surface area contributed by atoms with E-state index in [0.29, 0.717) is 0 Å². The van der Waals surface area contributed by atoms with Crippen molar-refractivity contribution in [2.24, 2.45) is 0 Å². The first-order valence-corrected chi connectivity index (χ1v) is 5.30. The van der Waals surface area contributed by atoms with Crippen molar-refractivity contribution in [3.8, 4) is 0 Å². The third-order valence-electron chi connectivity index (χ3n) is 1.41. The highest BCUT2D eigenvalue weighted by Gasteiger charge is 2.16. The molecular weight excluding hydrogens is 126 g/mol. The van der Waals surface area contributed by atoms with E-state index >= 15 is 0 Å². The second-order valence-corrected chi connectivity index (χ2v) is 5.57. The molecule has 50 valence electrons. The Morgan fingerprint density at radius 3 is 1.62 bits per heavy atom. The molecule has 3 heteroatoms. The molecule has 0 heterocycles. The molecule has 0 atom stereocenters. The van der Waals surface area contributed by atoms with Crippen LogP contribution in [-0.4, -0.2) is 14.8 Å². The van der Waals surface area contributed by atoms with Crippen LogP contribution >= 0.6 is 0 Å². The minimum absolute atomic E-state index is 0.730. The number of halogens is 2. The lowest BCUT2D eigenvalue weighted by Crippen LogP contribution is -2.20. The Bertz CT molecular complexity index is 52.4. The molecule has 0 unspecified atom stereocenters. The fraction of sp³-hybridized carbons (Fsp3) is 1.00. The van der Waals surface area contributed by atoms with E-state index in [9.17, 15) is 8.78 Å². The maximum Gasteiger partial charge on any atom is 0.217 e. The lowest BCUT2D eigenvalue weighted by atomic mass is 10.9. The molecule has 0 nitrogen and oxygen atoms in total. The normalized spacial score (nSPS) is 11.2. The van der Waals surface area contributed by atoms with Crippen molar-refractivity contribution >= 4 is 8.80 Å². The first kappa shape index (κ1) is 8.08. The summed E-state index contributed by atoms with van der Waals surface area (Å²) in [5.41, 5.74) is 0. The van der Waals surface area contributed by atoms with Crippen LogP contribution in [0.5, 0.6) is 0 Å². The Morgan fingerprint density at radius 1 is 1.25 bits per heavy atom. The van der Waals surface area contributed by atoms with Gasteiger partial charge in [-0.25, -0.2) is 8.78 Å². The lowest BCUT2D eigenvalue weighted by Gasteiger charge is -2.06. The van der Waals surface area contributed by atoms with Crippen LogP contribution in [-0.2, 0) is 0 Å². The predicted octanol–water partition coefficient (Wildman–Crippen LogP) is 2.06. The summed E-state index contributed by atoms with van der Waals surface area (Å²) in [7, 11) is -1.60. The van der Waals surface area contributed by atoms with Crippen LogP contribution in [0, 0.1) is 0 Å². The molecule has 0 aliphatic heterocycles. The molecule has 0 N–H and O–H groups in total. The van der Waals surface area contributed by atoms with Gasteiger partial charge in [0.1, 0.15) is 8.80 Å². The third kappa shape index (κ3) is 2.40. The smallest absolute Gasteiger partial charge is 0.216 e. The quantitative estimate of drug-likeness (QED) is 0.524. The highest BCUT2D eigenvalue weighted by atomic mass is 28.3. The minimum atomic E-state index is -1.98. The standard InChI is InChI=1S/C5H12F2Si/c1-3-8(4-2)5(6)7/h5,8H,3-4H2,1-2H3. The average molecular weight is 138 g/mol. The molecular formula is C5H12F2Si. The summed E-state index contributed by atoms with van der Waals surface area (Å²) in [4.78, 5) is 0. The Hall–Kier alpha value is 0.0769. The SMILES string of the molecule is CC[SiH](CC)C(F)F. The maximum atomic E-state index is 11.8. The van der Waals surface area contributed by atoms with Crippen molar-refractivity contribution in [3.05, 3.63) is 0 Å². The molecule has 0 bridgehead atoms. The van der Waals surface area contributed by atoms with Crippen molar-refractivity contribution in [3.63, 3.8) is 0 Å². The van der Waals surface area contributed by atoms with E-state index in [2.05, 4.69) is 0 Å². The number of hydrogen-bond donors (Lipinski definition) is 0.